The smallest absolute Gasteiger partial charge is 0.240 e. The van der Waals surface area contributed by atoms with E-state index in [4.69, 9.17) is 0 Å². The first-order valence-electron chi connectivity index (χ1n) is 8.01. The minimum Gasteiger partial charge on any atom is -0.352 e. The van der Waals surface area contributed by atoms with Gasteiger partial charge in [0.05, 0.1) is 10.9 Å². The van der Waals surface area contributed by atoms with E-state index >= 15 is 0 Å². The number of guanidine groups is 1. The fraction of sp³-hybridized carbons (Fsp3) is 0.278. The third-order valence-electron chi connectivity index (χ3n) is 3.84. The molecule has 0 aliphatic heterocycles. The number of nitrogens with zero attached hydrogens (tertiary/aromatic N) is 1. The zero-order chi connectivity index (χ0) is 18.3. The van der Waals surface area contributed by atoms with Crippen LogP contribution in [0.4, 0.5) is 0 Å². The highest BCUT2D eigenvalue weighted by molar-refractivity contribution is 14.0. The molecule has 0 spiro atoms. The Morgan fingerprint density at radius 1 is 1.08 bits per heavy atom. The Kier molecular flexibility index (Phi) is 9.03. The van der Waals surface area contributed by atoms with Crippen LogP contribution >= 0.6 is 24.0 Å². The van der Waals surface area contributed by atoms with Gasteiger partial charge in [-0.2, -0.15) is 0 Å². The van der Waals surface area contributed by atoms with Crippen molar-refractivity contribution >= 4 is 40.0 Å². The van der Waals surface area contributed by atoms with Gasteiger partial charge in [-0.05, 0) is 37.2 Å². The molecule has 2 aromatic rings. The summed E-state index contributed by atoms with van der Waals surface area (Å²) < 4.78 is 25.8. The Morgan fingerprint density at radius 3 is 2.23 bits per heavy atom. The van der Waals surface area contributed by atoms with Gasteiger partial charge in [-0.3, -0.25) is 4.99 Å². The van der Waals surface area contributed by atoms with Gasteiger partial charge in [-0.25, -0.2) is 13.1 Å². The van der Waals surface area contributed by atoms with E-state index in [2.05, 4.69) is 39.4 Å². The monoisotopic (exact) mass is 488 g/mol. The minimum absolute atomic E-state index is 0. The topological polar surface area (TPSA) is 82.6 Å². The van der Waals surface area contributed by atoms with E-state index in [9.17, 15) is 8.42 Å². The van der Waals surface area contributed by atoms with Gasteiger partial charge in [0.15, 0.2) is 5.96 Å². The first-order chi connectivity index (χ1) is 12.0. The molecule has 6 nitrogen and oxygen atoms in total. The Labute approximate surface area is 172 Å². The van der Waals surface area contributed by atoms with Crippen LogP contribution in [0.25, 0.3) is 0 Å². The molecule has 0 saturated heterocycles. The molecule has 3 N–H and O–H groups in total. The number of sulfonamides is 1. The maximum Gasteiger partial charge on any atom is 0.240 e. The molecule has 8 heteroatoms. The Morgan fingerprint density at radius 2 is 1.69 bits per heavy atom. The highest BCUT2D eigenvalue weighted by Gasteiger charge is 2.11. The van der Waals surface area contributed by atoms with Crippen LogP contribution in [0.1, 0.15) is 24.1 Å². The van der Waals surface area contributed by atoms with E-state index in [1.165, 1.54) is 12.6 Å². The molecule has 0 amide bonds. The van der Waals surface area contributed by atoms with Crippen molar-refractivity contribution in [3.63, 3.8) is 0 Å². The lowest BCUT2D eigenvalue weighted by Crippen LogP contribution is -2.38. The molecule has 0 heterocycles. The maximum absolute atomic E-state index is 11.7. The van der Waals surface area contributed by atoms with E-state index < -0.39 is 10.0 Å². The summed E-state index contributed by atoms with van der Waals surface area (Å²) in [6.45, 7) is 2.61. The zero-order valence-corrected chi connectivity index (χ0v) is 18.2. The van der Waals surface area contributed by atoms with E-state index in [1.54, 1.807) is 31.3 Å². The Balaban J connectivity index is 0.00000338. The first kappa shape index (κ1) is 22.4. The van der Waals surface area contributed by atoms with Crippen molar-refractivity contribution < 1.29 is 8.42 Å². The van der Waals surface area contributed by atoms with Crippen molar-refractivity contribution in [2.24, 2.45) is 4.99 Å². The standard InChI is InChI=1S/C18H24N4O2S.HI/c1-14(16-7-5-4-6-8-16)22-18(19-2)21-13-15-9-11-17(12-10-15)25(23,24)20-3;/h4-12,14,20H,13H2,1-3H3,(H2,19,21,22);1H. The quantitative estimate of drug-likeness (QED) is 0.332. The number of halogens is 1. The van der Waals surface area contributed by atoms with Gasteiger partial charge in [-0.15, -0.1) is 24.0 Å². The Hall–Kier alpha value is -1.65. The number of hydrogen-bond donors (Lipinski definition) is 3. The highest BCUT2D eigenvalue weighted by atomic mass is 127. The van der Waals surface area contributed by atoms with Gasteiger partial charge >= 0.3 is 0 Å². The van der Waals surface area contributed by atoms with Crippen LogP contribution in [0.5, 0.6) is 0 Å². The molecule has 0 fully saturated rings. The third kappa shape index (κ3) is 6.26. The molecule has 0 aromatic heterocycles. The zero-order valence-electron chi connectivity index (χ0n) is 15.1. The van der Waals surface area contributed by atoms with Crippen LogP contribution in [0.2, 0.25) is 0 Å². The van der Waals surface area contributed by atoms with E-state index in [1.807, 2.05) is 18.2 Å². The average molecular weight is 488 g/mol. The highest BCUT2D eigenvalue weighted by Crippen LogP contribution is 2.12. The summed E-state index contributed by atoms with van der Waals surface area (Å²) in [7, 11) is -0.289. The minimum atomic E-state index is -3.40. The number of benzene rings is 2. The lowest BCUT2D eigenvalue weighted by molar-refractivity contribution is 0.588. The number of hydrogen-bond acceptors (Lipinski definition) is 3. The summed E-state index contributed by atoms with van der Waals surface area (Å²) >= 11 is 0. The second kappa shape index (κ2) is 10.5. The average Bonchev–Trinajstić information content (AvgIpc) is 2.66. The number of aliphatic imine (C=N–C) groups is 1. The molecular weight excluding hydrogens is 463 g/mol. The van der Waals surface area contributed by atoms with Crippen LogP contribution < -0.4 is 15.4 Å². The van der Waals surface area contributed by atoms with Crippen molar-refractivity contribution in [2.75, 3.05) is 14.1 Å². The maximum atomic E-state index is 11.7. The molecule has 0 aliphatic carbocycles. The van der Waals surface area contributed by atoms with Crippen molar-refractivity contribution in [1.82, 2.24) is 15.4 Å². The predicted octanol–water partition coefficient (Wildman–Crippen LogP) is 2.64. The summed E-state index contributed by atoms with van der Waals surface area (Å²) in [5.74, 6) is 0.684. The van der Waals surface area contributed by atoms with Crippen molar-refractivity contribution in [2.45, 2.75) is 24.4 Å². The van der Waals surface area contributed by atoms with Crippen LogP contribution in [0.3, 0.4) is 0 Å². The molecule has 0 bridgehead atoms. The van der Waals surface area contributed by atoms with E-state index in [0.29, 0.717) is 12.5 Å². The summed E-state index contributed by atoms with van der Waals surface area (Å²) in [6.07, 6.45) is 0. The van der Waals surface area contributed by atoms with Gasteiger partial charge in [0.1, 0.15) is 0 Å². The van der Waals surface area contributed by atoms with Gasteiger partial charge in [-0.1, -0.05) is 42.5 Å². The molecule has 2 aromatic carbocycles. The second-order valence-corrected chi connectivity index (χ2v) is 7.44. The van der Waals surface area contributed by atoms with E-state index in [-0.39, 0.29) is 34.9 Å². The Bertz CT molecular complexity index is 809. The summed E-state index contributed by atoms with van der Waals surface area (Å²) in [5, 5.41) is 6.56. The molecule has 0 radical (unpaired) electrons. The van der Waals surface area contributed by atoms with E-state index in [0.717, 1.165) is 5.56 Å². The number of rotatable bonds is 6. The van der Waals surface area contributed by atoms with Crippen molar-refractivity contribution in [3.8, 4) is 0 Å². The van der Waals surface area contributed by atoms with Crippen LogP contribution in [0, 0.1) is 0 Å². The lowest BCUT2D eigenvalue weighted by Gasteiger charge is -2.18. The summed E-state index contributed by atoms with van der Waals surface area (Å²) in [6, 6.07) is 17.0. The summed E-state index contributed by atoms with van der Waals surface area (Å²) in [5.41, 5.74) is 2.14. The molecule has 142 valence electrons. The SMILES string of the molecule is CN=C(NCc1ccc(S(=O)(=O)NC)cc1)NC(C)c1ccccc1.I. The fourth-order valence-corrected chi connectivity index (χ4v) is 3.04. The van der Waals surface area contributed by atoms with Gasteiger partial charge in [0, 0.05) is 13.6 Å². The van der Waals surface area contributed by atoms with Crippen molar-refractivity contribution in [3.05, 3.63) is 65.7 Å². The first-order valence-corrected chi connectivity index (χ1v) is 9.49. The lowest BCUT2D eigenvalue weighted by atomic mass is 10.1. The predicted molar refractivity (Wildman–Crippen MR) is 116 cm³/mol. The molecule has 1 unspecified atom stereocenters. The van der Waals surface area contributed by atoms with Gasteiger partial charge < -0.3 is 10.6 Å². The number of nitrogens with one attached hydrogen (secondary N) is 3. The van der Waals surface area contributed by atoms with Crippen LogP contribution in [-0.4, -0.2) is 28.5 Å². The summed E-state index contributed by atoms with van der Waals surface area (Å²) in [4.78, 5) is 4.48. The second-order valence-electron chi connectivity index (χ2n) is 5.55. The molecular formula is C18H25IN4O2S. The molecule has 2 rings (SSSR count). The molecule has 0 saturated carbocycles. The van der Waals surface area contributed by atoms with Crippen LogP contribution in [0.15, 0.2) is 64.5 Å². The van der Waals surface area contributed by atoms with Crippen LogP contribution in [-0.2, 0) is 16.6 Å². The third-order valence-corrected chi connectivity index (χ3v) is 5.27. The fourth-order valence-electron chi connectivity index (χ4n) is 2.31. The molecule has 1 atom stereocenters. The van der Waals surface area contributed by atoms with Gasteiger partial charge in [0.2, 0.25) is 10.0 Å². The molecule has 26 heavy (non-hydrogen) atoms. The largest absolute Gasteiger partial charge is 0.352 e. The normalized spacial score (nSPS) is 12.8. The van der Waals surface area contributed by atoms with Crippen molar-refractivity contribution in [1.29, 1.82) is 0 Å². The van der Waals surface area contributed by atoms with Gasteiger partial charge in [0.25, 0.3) is 0 Å². The molecule has 0 aliphatic rings.